The predicted octanol–water partition coefficient (Wildman–Crippen LogP) is 2.79. The average Bonchev–Trinajstić information content (AvgIpc) is 2.69. The van der Waals surface area contributed by atoms with Crippen LogP contribution < -0.4 is 4.74 Å². The van der Waals surface area contributed by atoms with Crippen LogP contribution in [-0.4, -0.2) is 33.5 Å². The van der Waals surface area contributed by atoms with Crippen LogP contribution in [0.15, 0.2) is 18.3 Å². The number of hydrogen-bond acceptors (Lipinski definition) is 3. The first-order valence-corrected chi connectivity index (χ1v) is 6.49. The molecule has 2 aromatic heterocycles. The molecule has 0 aliphatic carbocycles. The number of amides is 1. The molecule has 2 aromatic rings. The second-order valence-electron chi connectivity index (χ2n) is 4.39. The van der Waals surface area contributed by atoms with Gasteiger partial charge in [0.05, 0.1) is 5.69 Å². The highest BCUT2D eigenvalue weighted by molar-refractivity contribution is 5.73. The Hall–Kier alpha value is -2.04. The Kier molecular flexibility index (Phi) is 3.74. The molecule has 0 fully saturated rings. The van der Waals surface area contributed by atoms with Gasteiger partial charge in [0.15, 0.2) is 11.4 Å². The molecule has 0 aromatic carbocycles. The maximum Gasteiger partial charge on any atom is 0.415 e. The van der Waals surface area contributed by atoms with Gasteiger partial charge in [-0.2, -0.15) is 0 Å². The van der Waals surface area contributed by atoms with Gasteiger partial charge in [0.2, 0.25) is 0 Å². The van der Waals surface area contributed by atoms with Crippen LogP contribution in [0.3, 0.4) is 0 Å². The van der Waals surface area contributed by atoms with E-state index in [9.17, 15) is 4.79 Å². The van der Waals surface area contributed by atoms with E-state index in [1.165, 1.54) is 0 Å². The van der Waals surface area contributed by atoms with Crippen LogP contribution in [0.4, 0.5) is 4.79 Å². The van der Waals surface area contributed by atoms with Gasteiger partial charge in [0.1, 0.15) is 0 Å². The minimum atomic E-state index is -0.337. The van der Waals surface area contributed by atoms with Gasteiger partial charge >= 0.3 is 6.09 Å². The van der Waals surface area contributed by atoms with Crippen molar-refractivity contribution < 1.29 is 9.53 Å². The summed E-state index contributed by atoms with van der Waals surface area (Å²) in [6, 6.07) is 3.62. The van der Waals surface area contributed by atoms with E-state index >= 15 is 0 Å². The van der Waals surface area contributed by atoms with E-state index in [2.05, 4.69) is 4.98 Å². The van der Waals surface area contributed by atoms with Crippen molar-refractivity contribution in [3.8, 4) is 5.75 Å². The molecular formula is C14H19N3O2. The Balaban J connectivity index is 2.36. The number of aryl methyl sites for hydroxylation is 2. The average molecular weight is 261 g/mol. The van der Waals surface area contributed by atoms with Crippen molar-refractivity contribution in [3.63, 3.8) is 0 Å². The van der Waals surface area contributed by atoms with Crippen molar-refractivity contribution in [1.29, 1.82) is 0 Å². The van der Waals surface area contributed by atoms with Crippen LogP contribution in [0.25, 0.3) is 5.65 Å². The molecule has 5 nitrogen and oxygen atoms in total. The van der Waals surface area contributed by atoms with Crippen molar-refractivity contribution in [1.82, 2.24) is 14.3 Å². The summed E-state index contributed by atoms with van der Waals surface area (Å²) in [7, 11) is 0. The number of carbonyl (C=O) groups is 1. The van der Waals surface area contributed by atoms with E-state index in [0.29, 0.717) is 24.5 Å². The van der Waals surface area contributed by atoms with Crippen molar-refractivity contribution in [2.45, 2.75) is 27.7 Å². The summed E-state index contributed by atoms with van der Waals surface area (Å²) in [5.41, 5.74) is 2.67. The number of imidazole rings is 1. The fourth-order valence-corrected chi connectivity index (χ4v) is 1.99. The first-order chi connectivity index (χ1) is 9.08. The third-order valence-electron chi connectivity index (χ3n) is 3.31. The number of hydrogen-bond donors (Lipinski definition) is 0. The first-order valence-electron chi connectivity index (χ1n) is 6.49. The van der Waals surface area contributed by atoms with Gasteiger partial charge in [-0.25, -0.2) is 9.78 Å². The molecule has 2 heterocycles. The molecular weight excluding hydrogens is 242 g/mol. The lowest BCUT2D eigenvalue weighted by Gasteiger charge is -2.17. The highest BCUT2D eigenvalue weighted by Gasteiger charge is 2.16. The zero-order valence-corrected chi connectivity index (χ0v) is 11.8. The van der Waals surface area contributed by atoms with Gasteiger partial charge in [0.25, 0.3) is 0 Å². The van der Waals surface area contributed by atoms with Crippen LogP contribution in [0.5, 0.6) is 5.75 Å². The van der Waals surface area contributed by atoms with Crippen molar-refractivity contribution in [2.24, 2.45) is 0 Å². The number of ether oxygens (including phenoxy) is 1. The zero-order chi connectivity index (χ0) is 14.0. The molecule has 0 atom stereocenters. The molecule has 0 saturated heterocycles. The van der Waals surface area contributed by atoms with Gasteiger partial charge in [-0.3, -0.25) is 0 Å². The topological polar surface area (TPSA) is 46.8 Å². The fraction of sp³-hybridized carbons (Fsp3) is 0.429. The van der Waals surface area contributed by atoms with Gasteiger partial charge < -0.3 is 14.0 Å². The maximum atomic E-state index is 12.0. The van der Waals surface area contributed by atoms with Crippen LogP contribution >= 0.6 is 0 Å². The molecule has 1 amide bonds. The molecule has 0 aliphatic heterocycles. The molecule has 2 rings (SSSR count). The Morgan fingerprint density at radius 3 is 2.68 bits per heavy atom. The second-order valence-corrected chi connectivity index (χ2v) is 4.39. The number of aromatic nitrogens is 2. The first kappa shape index (κ1) is 13.4. The van der Waals surface area contributed by atoms with E-state index < -0.39 is 0 Å². The van der Waals surface area contributed by atoms with Crippen LogP contribution in [-0.2, 0) is 0 Å². The Bertz CT molecular complexity index is 600. The monoisotopic (exact) mass is 261 g/mol. The summed E-state index contributed by atoms with van der Waals surface area (Å²) in [6.45, 7) is 9.05. The Morgan fingerprint density at radius 1 is 1.37 bits per heavy atom. The fourth-order valence-electron chi connectivity index (χ4n) is 1.99. The summed E-state index contributed by atoms with van der Waals surface area (Å²) in [5, 5.41) is 0. The lowest BCUT2D eigenvalue weighted by molar-refractivity contribution is 0.157. The number of carbonyl (C=O) groups excluding carboxylic acids is 1. The Labute approximate surface area is 112 Å². The number of pyridine rings is 1. The van der Waals surface area contributed by atoms with E-state index in [1.807, 2.05) is 44.4 Å². The van der Waals surface area contributed by atoms with E-state index in [-0.39, 0.29) is 6.09 Å². The molecule has 0 saturated carbocycles. The summed E-state index contributed by atoms with van der Waals surface area (Å²) in [4.78, 5) is 18.1. The normalized spacial score (nSPS) is 10.7. The van der Waals surface area contributed by atoms with Crippen LogP contribution in [0.2, 0.25) is 0 Å². The van der Waals surface area contributed by atoms with E-state index in [0.717, 1.165) is 11.4 Å². The molecule has 0 bridgehead atoms. The second kappa shape index (κ2) is 5.30. The smallest absolute Gasteiger partial charge is 0.406 e. The number of rotatable bonds is 3. The van der Waals surface area contributed by atoms with Crippen molar-refractivity contribution in [3.05, 3.63) is 29.7 Å². The van der Waals surface area contributed by atoms with Gasteiger partial charge in [0, 0.05) is 25.0 Å². The lowest BCUT2D eigenvalue weighted by Crippen LogP contribution is -2.33. The zero-order valence-electron chi connectivity index (χ0n) is 11.8. The van der Waals surface area contributed by atoms with Gasteiger partial charge in [-0.1, -0.05) is 0 Å². The van der Waals surface area contributed by atoms with E-state index in [4.69, 9.17) is 4.74 Å². The van der Waals surface area contributed by atoms with Crippen molar-refractivity contribution in [2.75, 3.05) is 13.1 Å². The maximum absolute atomic E-state index is 12.0. The minimum absolute atomic E-state index is 0.337. The SMILES string of the molecule is CCN(CC)C(=O)Oc1cccn2c(C)c(C)nc12. The third kappa shape index (κ3) is 2.41. The molecule has 0 unspecified atom stereocenters. The molecule has 0 N–H and O–H groups in total. The highest BCUT2D eigenvalue weighted by atomic mass is 16.6. The standard InChI is InChI=1S/C14H19N3O2/c1-5-16(6-2)14(18)19-12-8-7-9-17-11(4)10(3)15-13(12)17/h7-9H,5-6H2,1-4H3. The highest BCUT2D eigenvalue weighted by Crippen LogP contribution is 2.22. The molecule has 0 radical (unpaired) electrons. The predicted molar refractivity (Wildman–Crippen MR) is 73.6 cm³/mol. The quantitative estimate of drug-likeness (QED) is 0.853. The molecule has 5 heteroatoms. The summed E-state index contributed by atoms with van der Waals surface area (Å²) in [6.07, 6.45) is 1.58. The summed E-state index contributed by atoms with van der Waals surface area (Å²) in [5.74, 6) is 0.496. The molecule has 102 valence electrons. The van der Waals surface area contributed by atoms with Crippen LogP contribution in [0, 0.1) is 13.8 Å². The molecule has 0 aliphatic rings. The third-order valence-corrected chi connectivity index (χ3v) is 3.31. The van der Waals surface area contributed by atoms with Crippen molar-refractivity contribution >= 4 is 11.7 Å². The van der Waals surface area contributed by atoms with E-state index in [1.54, 1.807) is 11.0 Å². The summed E-state index contributed by atoms with van der Waals surface area (Å²) < 4.78 is 7.37. The number of fused-ring (bicyclic) bond motifs is 1. The minimum Gasteiger partial charge on any atom is -0.406 e. The van der Waals surface area contributed by atoms with Crippen LogP contribution in [0.1, 0.15) is 25.2 Å². The molecule has 0 spiro atoms. The van der Waals surface area contributed by atoms with Gasteiger partial charge in [-0.15, -0.1) is 0 Å². The largest absolute Gasteiger partial charge is 0.415 e. The summed E-state index contributed by atoms with van der Waals surface area (Å²) >= 11 is 0. The molecule has 19 heavy (non-hydrogen) atoms. The lowest BCUT2D eigenvalue weighted by atomic mass is 10.4. The Morgan fingerprint density at radius 2 is 2.05 bits per heavy atom. The number of nitrogens with zero attached hydrogens (tertiary/aromatic N) is 3. The van der Waals surface area contributed by atoms with Gasteiger partial charge in [-0.05, 0) is 39.8 Å².